The second kappa shape index (κ2) is 6.38. The fourth-order valence-electron chi connectivity index (χ4n) is 1.15. The molecule has 1 amide bonds. The molecule has 0 aliphatic heterocycles. The molecule has 0 radical (unpaired) electrons. The molecule has 0 aliphatic rings. The number of nitrogens with one attached hydrogen (secondary N) is 1. The Morgan fingerprint density at radius 2 is 2.00 bits per heavy atom. The fourth-order valence-corrected chi connectivity index (χ4v) is 2.07. The first kappa shape index (κ1) is 15.6. The van der Waals surface area contributed by atoms with Crippen LogP contribution >= 0.6 is 7.60 Å². The SMILES string of the molecule is CCOP(=O)(O)CCNC(=O)CC(C)(C)C. The molecule has 0 aromatic carbocycles. The van der Waals surface area contributed by atoms with Crippen molar-refractivity contribution in [2.75, 3.05) is 19.3 Å². The van der Waals surface area contributed by atoms with Gasteiger partial charge in [0.05, 0.1) is 12.8 Å². The molecule has 0 aliphatic carbocycles. The smallest absolute Gasteiger partial charge is 0.329 e. The van der Waals surface area contributed by atoms with Gasteiger partial charge in [0.1, 0.15) is 0 Å². The van der Waals surface area contributed by atoms with E-state index in [0.717, 1.165) is 0 Å². The van der Waals surface area contributed by atoms with Crippen LogP contribution in [0.3, 0.4) is 0 Å². The van der Waals surface area contributed by atoms with Gasteiger partial charge >= 0.3 is 7.60 Å². The number of carbonyl (C=O) groups excluding carboxylic acids is 1. The number of hydrogen-bond acceptors (Lipinski definition) is 3. The third-order valence-electron chi connectivity index (χ3n) is 1.74. The maximum atomic E-state index is 11.4. The van der Waals surface area contributed by atoms with Crippen molar-refractivity contribution in [2.24, 2.45) is 5.41 Å². The van der Waals surface area contributed by atoms with Gasteiger partial charge in [-0.15, -0.1) is 0 Å². The van der Waals surface area contributed by atoms with Crippen LogP contribution in [0.1, 0.15) is 34.1 Å². The van der Waals surface area contributed by atoms with E-state index in [-0.39, 0.29) is 30.6 Å². The summed E-state index contributed by atoms with van der Waals surface area (Å²) < 4.78 is 15.9. The summed E-state index contributed by atoms with van der Waals surface area (Å²) in [6.07, 6.45) is 0.355. The highest BCUT2D eigenvalue weighted by Crippen LogP contribution is 2.40. The Hall–Kier alpha value is -0.380. The third-order valence-corrected chi connectivity index (χ3v) is 3.19. The molecule has 5 nitrogen and oxygen atoms in total. The third kappa shape index (κ3) is 8.89. The number of amides is 1. The Morgan fingerprint density at radius 3 is 2.44 bits per heavy atom. The van der Waals surface area contributed by atoms with Gasteiger partial charge in [-0.25, -0.2) is 0 Å². The van der Waals surface area contributed by atoms with Gasteiger partial charge in [-0.1, -0.05) is 20.8 Å². The highest BCUT2D eigenvalue weighted by Gasteiger charge is 2.19. The van der Waals surface area contributed by atoms with E-state index >= 15 is 0 Å². The van der Waals surface area contributed by atoms with Crippen LogP contribution in [0.2, 0.25) is 0 Å². The van der Waals surface area contributed by atoms with Crippen molar-refractivity contribution in [1.82, 2.24) is 5.32 Å². The maximum absolute atomic E-state index is 11.4. The average molecular weight is 251 g/mol. The number of hydrogen-bond donors (Lipinski definition) is 2. The predicted octanol–water partition coefficient (Wildman–Crippen LogP) is 1.76. The fraction of sp³-hybridized carbons (Fsp3) is 0.900. The molecular weight excluding hydrogens is 229 g/mol. The van der Waals surface area contributed by atoms with Gasteiger partial charge in [0.15, 0.2) is 0 Å². The Labute approximate surface area is 97.1 Å². The Morgan fingerprint density at radius 1 is 1.44 bits per heavy atom. The first-order chi connectivity index (χ1) is 7.16. The summed E-state index contributed by atoms with van der Waals surface area (Å²) in [5.74, 6) is -0.107. The Bertz CT molecular complexity index is 272. The molecule has 0 saturated heterocycles. The summed E-state index contributed by atoms with van der Waals surface area (Å²) in [5.41, 5.74) is -0.0765. The zero-order valence-corrected chi connectivity index (χ0v) is 11.3. The van der Waals surface area contributed by atoms with Crippen molar-refractivity contribution in [3.8, 4) is 0 Å². The topological polar surface area (TPSA) is 75.6 Å². The van der Waals surface area contributed by atoms with Crippen molar-refractivity contribution in [1.29, 1.82) is 0 Å². The lowest BCUT2D eigenvalue weighted by molar-refractivity contribution is -0.122. The summed E-state index contributed by atoms with van der Waals surface area (Å²) in [4.78, 5) is 20.6. The highest BCUT2D eigenvalue weighted by molar-refractivity contribution is 7.52. The molecule has 0 spiro atoms. The molecule has 1 atom stereocenters. The molecule has 96 valence electrons. The summed E-state index contributed by atoms with van der Waals surface area (Å²) in [7, 11) is -3.51. The van der Waals surface area contributed by atoms with Gasteiger partial charge in [-0.2, -0.15) is 0 Å². The van der Waals surface area contributed by atoms with E-state index < -0.39 is 7.60 Å². The first-order valence-corrected chi connectivity index (χ1v) is 7.15. The van der Waals surface area contributed by atoms with Gasteiger partial charge < -0.3 is 14.7 Å². The quantitative estimate of drug-likeness (QED) is 0.705. The van der Waals surface area contributed by atoms with Gasteiger partial charge in [0.25, 0.3) is 0 Å². The van der Waals surface area contributed by atoms with Crippen molar-refractivity contribution >= 4 is 13.5 Å². The molecule has 0 rings (SSSR count). The minimum atomic E-state index is -3.51. The molecule has 6 heteroatoms. The second-order valence-electron chi connectivity index (χ2n) is 4.87. The maximum Gasteiger partial charge on any atom is 0.329 e. The summed E-state index contributed by atoms with van der Waals surface area (Å²) in [6.45, 7) is 7.91. The number of carbonyl (C=O) groups is 1. The molecule has 0 bridgehead atoms. The lowest BCUT2D eigenvalue weighted by Crippen LogP contribution is -2.29. The van der Waals surface area contributed by atoms with Gasteiger partial charge in [0.2, 0.25) is 5.91 Å². The normalized spacial score (nSPS) is 15.6. The molecule has 0 aromatic rings. The van der Waals surface area contributed by atoms with E-state index in [1.54, 1.807) is 6.92 Å². The van der Waals surface area contributed by atoms with E-state index in [1.807, 2.05) is 20.8 Å². The molecule has 0 aromatic heterocycles. The minimum Gasteiger partial charge on any atom is -0.355 e. The largest absolute Gasteiger partial charge is 0.355 e. The summed E-state index contributed by atoms with van der Waals surface area (Å²) in [5, 5.41) is 2.60. The first-order valence-electron chi connectivity index (χ1n) is 5.39. The van der Waals surface area contributed by atoms with E-state index in [1.165, 1.54) is 0 Å². The molecule has 0 heterocycles. The van der Waals surface area contributed by atoms with Gasteiger partial charge in [-0.3, -0.25) is 9.36 Å². The van der Waals surface area contributed by atoms with Crippen molar-refractivity contribution < 1.29 is 18.8 Å². The van der Waals surface area contributed by atoms with Gasteiger partial charge in [-0.05, 0) is 12.3 Å². The van der Waals surface area contributed by atoms with Crippen LogP contribution in [0, 0.1) is 5.41 Å². The van der Waals surface area contributed by atoms with Crippen LogP contribution in [-0.2, 0) is 13.9 Å². The Balaban J connectivity index is 3.83. The monoisotopic (exact) mass is 251 g/mol. The van der Waals surface area contributed by atoms with E-state index in [9.17, 15) is 14.3 Å². The van der Waals surface area contributed by atoms with Crippen molar-refractivity contribution in [3.63, 3.8) is 0 Å². The van der Waals surface area contributed by atoms with Crippen LogP contribution in [0.5, 0.6) is 0 Å². The van der Waals surface area contributed by atoms with E-state index in [0.29, 0.717) is 6.42 Å². The van der Waals surface area contributed by atoms with Crippen LogP contribution in [-0.4, -0.2) is 30.1 Å². The highest BCUT2D eigenvalue weighted by atomic mass is 31.2. The molecule has 1 unspecified atom stereocenters. The molecular formula is C10H22NO4P. The van der Waals surface area contributed by atoms with Crippen LogP contribution < -0.4 is 5.32 Å². The van der Waals surface area contributed by atoms with Crippen molar-refractivity contribution in [2.45, 2.75) is 34.1 Å². The molecule has 16 heavy (non-hydrogen) atoms. The lowest BCUT2D eigenvalue weighted by Gasteiger charge is -2.17. The van der Waals surface area contributed by atoms with E-state index in [4.69, 9.17) is 0 Å². The zero-order valence-electron chi connectivity index (χ0n) is 10.4. The molecule has 2 N–H and O–H groups in total. The predicted molar refractivity (Wildman–Crippen MR) is 63.4 cm³/mol. The van der Waals surface area contributed by atoms with Crippen LogP contribution in [0.25, 0.3) is 0 Å². The van der Waals surface area contributed by atoms with Crippen LogP contribution in [0.15, 0.2) is 0 Å². The van der Waals surface area contributed by atoms with E-state index in [2.05, 4.69) is 9.84 Å². The standard InChI is InChI=1S/C10H22NO4P/c1-5-15-16(13,14)7-6-11-9(12)8-10(2,3)4/h5-8H2,1-4H3,(H,11,12)(H,13,14). The summed E-state index contributed by atoms with van der Waals surface area (Å²) >= 11 is 0. The molecule has 0 saturated carbocycles. The minimum absolute atomic E-state index is 0.0449. The van der Waals surface area contributed by atoms with Gasteiger partial charge in [0, 0.05) is 13.0 Å². The molecule has 0 fully saturated rings. The van der Waals surface area contributed by atoms with Crippen molar-refractivity contribution in [3.05, 3.63) is 0 Å². The van der Waals surface area contributed by atoms with Crippen LogP contribution in [0.4, 0.5) is 0 Å². The Kier molecular flexibility index (Phi) is 6.23. The summed E-state index contributed by atoms with van der Waals surface area (Å²) in [6, 6.07) is 0. The second-order valence-corrected chi connectivity index (χ2v) is 6.85. The lowest BCUT2D eigenvalue weighted by atomic mass is 9.92. The zero-order chi connectivity index (χ0) is 12.8. The average Bonchev–Trinajstić information content (AvgIpc) is 1.99. The number of rotatable bonds is 6.